The molecule has 1 unspecified atom stereocenters. The van der Waals surface area contributed by atoms with E-state index in [-0.39, 0.29) is 28.4 Å². The van der Waals surface area contributed by atoms with Gasteiger partial charge in [0, 0.05) is 23.4 Å². The number of aromatic amines is 1. The molecular weight excluding hydrogens is 402 g/mol. The summed E-state index contributed by atoms with van der Waals surface area (Å²) in [5.74, 6) is -0.485. The Morgan fingerprint density at radius 1 is 1.09 bits per heavy atom. The number of aromatic nitrogens is 1. The quantitative estimate of drug-likeness (QED) is 0.584. The van der Waals surface area contributed by atoms with Gasteiger partial charge in [0.15, 0.2) is 5.78 Å². The van der Waals surface area contributed by atoms with E-state index in [2.05, 4.69) is 36.4 Å². The number of Topliss-reactive ketones (excluding diaryl/α,β-unsaturated/α-hetero) is 1. The molecule has 2 aliphatic rings. The Balaban J connectivity index is 1.53. The van der Waals surface area contributed by atoms with Crippen LogP contribution in [-0.2, 0) is 11.2 Å². The van der Waals surface area contributed by atoms with Crippen LogP contribution < -0.4 is 10.6 Å². The van der Waals surface area contributed by atoms with Crippen molar-refractivity contribution in [3.8, 4) is 0 Å². The summed E-state index contributed by atoms with van der Waals surface area (Å²) in [5.41, 5.74) is 3.37. The fourth-order valence-electron chi connectivity index (χ4n) is 4.67. The second-order valence-electron chi connectivity index (χ2n) is 10.7. The van der Waals surface area contributed by atoms with E-state index in [1.54, 1.807) is 0 Å². The third kappa shape index (κ3) is 4.79. The molecule has 0 aliphatic heterocycles. The van der Waals surface area contributed by atoms with Gasteiger partial charge in [0.1, 0.15) is 11.7 Å². The number of anilines is 1. The van der Waals surface area contributed by atoms with Gasteiger partial charge in [0.2, 0.25) is 5.91 Å². The summed E-state index contributed by atoms with van der Waals surface area (Å²) >= 11 is 0. The molecule has 1 fully saturated rings. The molecule has 1 heterocycles. The summed E-state index contributed by atoms with van der Waals surface area (Å²) in [7, 11) is 0. The normalized spacial score (nSPS) is 19.1. The lowest BCUT2D eigenvalue weighted by Gasteiger charge is -2.28. The van der Waals surface area contributed by atoms with Crippen molar-refractivity contribution in [2.24, 2.45) is 10.8 Å². The van der Waals surface area contributed by atoms with Crippen molar-refractivity contribution in [2.45, 2.75) is 72.3 Å². The molecule has 6 nitrogen and oxygen atoms in total. The molecule has 1 aromatic heterocycles. The van der Waals surface area contributed by atoms with Crippen LogP contribution in [0.4, 0.5) is 5.69 Å². The Hall–Kier alpha value is -2.89. The van der Waals surface area contributed by atoms with Gasteiger partial charge in [-0.15, -0.1) is 0 Å². The minimum atomic E-state index is -0.646. The number of fused-ring (bicyclic) bond motifs is 1. The lowest BCUT2D eigenvalue weighted by molar-refractivity contribution is -0.118. The average Bonchev–Trinajstić information content (AvgIpc) is 3.36. The van der Waals surface area contributed by atoms with Crippen LogP contribution in [0.5, 0.6) is 0 Å². The highest BCUT2D eigenvalue weighted by molar-refractivity contribution is 6.06. The zero-order chi connectivity index (χ0) is 23.1. The molecular formula is C26H33N3O3. The van der Waals surface area contributed by atoms with E-state index in [1.165, 1.54) is 0 Å². The van der Waals surface area contributed by atoms with Crippen LogP contribution in [0, 0.1) is 17.8 Å². The number of hydrogen-bond acceptors (Lipinski definition) is 3. The van der Waals surface area contributed by atoms with E-state index >= 15 is 0 Å². The summed E-state index contributed by atoms with van der Waals surface area (Å²) in [5, 5.41) is 5.86. The Bertz CT molecular complexity index is 1050. The maximum Gasteiger partial charge on any atom is 0.268 e. The van der Waals surface area contributed by atoms with E-state index in [1.807, 2.05) is 37.3 Å². The molecule has 4 rings (SSSR count). The molecule has 32 heavy (non-hydrogen) atoms. The zero-order valence-corrected chi connectivity index (χ0v) is 19.4. The van der Waals surface area contributed by atoms with Gasteiger partial charge in [0.05, 0.1) is 0 Å². The number of carbonyl (C=O) groups excluding carboxylic acids is 3. The summed E-state index contributed by atoms with van der Waals surface area (Å²) in [6.07, 6.45) is 4.97. The molecule has 2 amide bonds. The number of para-hydroxylation sites is 1. The van der Waals surface area contributed by atoms with Crippen molar-refractivity contribution in [1.82, 2.24) is 10.3 Å². The Kier molecular flexibility index (Phi) is 5.74. The van der Waals surface area contributed by atoms with Crippen LogP contribution in [0.25, 0.3) is 0 Å². The van der Waals surface area contributed by atoms with E-state index < -0.39 is 6.04 Å². The fourth-order valence-corrected chi connectivity index (χ4v) is 4.67. The number of ketones is 1. The van der Waals surface area contributed by atoms with Crippen LogP contribution >= 0.6 is 0 Å². The van der Waals surface area contributed by atoms with Crippen molar-refractivity contribution in [1.29, 1.82) is 0 Å². The molecule has 1 saturated carbocycles. The van der Waals surface area contributed by atoms with Crippen molar-refractivity contribution < 1.29 is 14.4 Å². The molecule has 2 aromatic rings. The van der Waals surface area contributed by atoms with Gasteiger partial charge in [-0.05, 0) is 67.6 Å². The van der Waals surface area contributed by atoms with Crippen LogP contribution in [0.2, 0.25) is 0 Å². The Labute approximate surface area is 189 Å². The highest BCUT2D eigenvalue weighted by Gasteiger charge is 2.39. The van der Waals surface area contributed by atoms with Gasteiger partial charge in [-0.1, -0.05) is 39.0 Å². The SMILES string of the molecule is Cc1c(C(=O)NC(CCC2(C)CC2)C(=O)Nc2ccccc2)[nH]c2c1C(=O)CC(C)(C)C2. The first kappa shape index (κ1) is 22.3. The molecule has 0 saturated heterocycles. The van der Waals surface area contributed by atoms with E-state index in [0.29, 0.717) is 35.3 Å². The van der Waals surface area contributed by atoms with Gasteiger partial charge in [-0.3, -0.25) is 14.4 Å². The summed E-state index contributed by atoms with van der Waals surface area (Å²) in [6.45, 7) is 8.15. The number of H-pyrrole nitrogens is 1. The van der Waals surface area contributed by atoms with Gasteiger partial charge >= 0.3 is 0 Å². The monoisotopic (exact) mass is 435 g/mol. The number of amides is 2. The van der Waals surface area contributed by atoms with Crippen LogP contribution in [-0.4, -0.2) is 28.6 Å². The van der Waals surface area contributed by atoms with Crippen LogP contribution in [0.15, 0.2) is 30.3 Å². The van der Waals surface area contributed by atoms with Crippen LogP contribution in [0.1, 0.15) is 85.0 Å². The molecule has 3 N–H and O–H groups in total. The zero-order valence-electron chi connectivity index (χ0n) is 19.4. The highest BCUT2D eigenvalue weighted by atomic mass is 16.2. The number of rotatable bonds is 7. The minimum Gasteiger partial charge on any atom is -0.354 e. The van der Waals surface area contributed by atoms with E-state index in [9.17, 15) is 14.4 Å². The third-order valence-corrected chi connectivity index (χ3v) is 6.93. The largest absolute Gasteiger partial charge is 0.354 e. The summed E-state index contributed by atoms with van der Waals surface area (Å²) in [4.78, 5) is 42.2. The first-order valence-corrected chi connectivity index (χ1v) is 11.5. The Morgan fingerprint density at radius 3 is 2.44 bits per heavy atom. The average molecular weight is 436 g/mol. The van der Waals surface area contributed by atoms with Gasteiger partial charge in [-0.2, -0.15) is 0 Å². The smallest absolute Gasteiger partial charge is 0.268 e. The molecule has 1 atom stereocenters. The number of benzene rings is 1. The number of carbonyl (C=O) groups is 3. The predicted molar refractivity (Wildman–Crippen MR) is 125 cm³/mol. The van der Waals surface area contributed by atoms with Crippen molar-refractivity contribution in [3.63, 3.8) is 0 Å². The van der Waals surface area contributed by atoms with Crippen molar-refractivity contribution >= 4 is 23.3 Å². The summed E-state index contributed by atoms with van der Waals surface area (Å²) < 4.78 is 0. The first-order chi connectivity index (χ1) is 15.1. The lowest BCUT2D eigenvalue weighted by Crippen LogP contribution is -2.44. The lowest BCUT2D eigenvalue weighted by atomic mass is 9.75. The summed E-state index contributed by atoms with van der Waals surface area (Å²) in [6, 6.07) is 8.62. The number of nitrogens with one attached hydrogen (secondary N) is 3. The van der Waals surface area contributed by atoms with Crippen molar-refractivity contribution in [2.75, 3.05) is 5.32 Å². The Morgan fingerprint density at radius 2 is 1.78 bits per heavy atom. The second-order valence-corrected chi connectivity index (χ2v) is 10.7. The molecule has 6 heteroatoms. The molecule has 0 spiro atoms. The van der Waals surface area contributed by atoms with E-state index in [0.717, 1.165) is 31.4 Å². The molecule has 2 aliphatic carbocycles. The molecule has 1 aromatic carbocycles. The highest BCUT2D eigenvalue weighted by Crippen LogP contribution is 2.49. The van der Waals surface area contributed by atoms with Gasteiger partial charge in [0.25, 0.3) is 5.91 Å². The second kappa shape index (κ2) is 8.23. The number of hydrogen-bond donors (Lipinski definition) is 3. The molecule has 0 radical (unpaired) electrons. The van der Waals surface area contributed by atoms with Crippen LogP contribution in [0.3, 0.4) is 0 Å². The van der Waals surface area contributed by atoms with Gasteiger partial charge in [-0.25, -0.2) is 0 Å². The minimum absolute atomic E-state index is 0.0732. The third-order valence-electron chi connectivity index (χ3n) is 6.93. The standard InChI is InChI=1S/C26H33N3O3/c1-16-21-19(14-25(2,3)15-20(21)30)28-22(16)24(32)29-18(10-11-26(4)12-13-26)23(31)27-17-8-6-5-7-9-17/h5-9,18,28H,10-15H2,1-4H3,(H,27,31)(H,29,32). The van der Waals surface area contributed by atoms with E-state index in [4.69, 9.17) is 0 Å². The first-order valence-electron chi connectivity index (χ1n) is 11.5. The topological polar surface area (TPSA) is 91.1 Å². The maximum atomic E-state index is 13.2. The van der Waals surface area contributed by atoms with Gasteiger partial charge < -0.3 is 15.6 Å². The molecule has 170 valence electrons. The van der Waals surface area contributed by atoms with Crippen molar-refractivity contribution in [3.05, 3.63) is 52.8 Å². The fraction of sp³-hybridized carbons (Fsp3) is 0.500. The molecule has 0 bridgehead atoms. The predicted octanol–water partition coefficient (Wildman–Crippen LogP) is 4.80. The maximum absolute atomic E-state index is 13.2.